The van der Waals surface area contributed by atoms with Crippen molar-refractivity contribution in [3.8, 4) is 0 Å². The summed E-state index contributed by atoms with van der Waals surface area (Å²) in [6.45, 7) is 1.83. The van der Waals surface area contributed by atoms with Crippen molar-refractivity contribution >= 4 is 17.5 Å². The predicted octanol–water partition coefficient (Wildman–Crippen LogP) is 0.734. The maximum Gasteiger partial charge on any atom is 0.375 e. The first-order chi connectivity index (χ1) is 7.15. The highest BCUT2D eigenvalue weighted by molar-refractivity contribution is 6.39. The fourth-order valence-electron chi connectivity index (χ4n) is 2.74. The average Bonchev–Trinajstić information content (AvgIpc) is 2.77. The van der Waals surface area contributed by atoms with Crippen LogP contribution in [0.25, 0.3) is 0 Å². The highest BCUT2D eigenvalue weighted by Crippen LogP contribution is 2.46. The molecular weight excluding hydrogens is 196 g/mol. The lowest BCUT2D eigenvalue weighted by molar-refractivity contribution is -0.157. The highest BCUT2D eigenvalue weighted by Gasteiger charge is 2.51. The Morgan fingerprint density at radius 2 is 2.13 bits per heavy atom. The summed E-state index contributed by atoms with van der Waals surface area (Å²) in [5.74, 6) is -2.08. The van der Waals surface area contributed by atoms with E-state index in [0.717, 1.165) is 19.3 Å². The van der Waals surface area contributed by atoms with E-state index in [2.05, 4.69) is 4.74 Å². The molecule has 2 aliphatic rings. The second-order valence-corrected chi connectivity index (χ2v) is 4.23. The van der Waals surface area contributed by atoms with Gasteiger partial charge in [0.1, 0.15) is 5.78 Å². The van der Waals surface area contributed by atoms with Crippen LogP contribution < -0.4 is 0 Å². The maximum absolute atomic E-state index is 11.7. The van der Waals surface area contributed by atoms with Crippen LogP contribution in [0.5, 0.6) is 0 Å². The maximum atomic E-state index is 11.7. The Kier molecular flexibility index (Phi) is 2.59. The van der Waals surface area contributed by atoms with E-state index < -0.39 is 17.7 Å². The van der Waals surface area contributed by atoms with Gasteiger partial charge >= 0.3 is 5.97 Å². The van der Waals surface area contributed by atoms with Crippen LogP contribution in [0, 0.1) is 17.8 Å². The third-order valence-corrected chi connectivity index (χ3v) is 3.41. The fraction of sp³-hybridized carbons (Fsp3) is 0.727. The van der Waals surface area contributed by atoms with E-state index in [4.69, 9.17) is 0 Å². The minimum absolute atomic E-state index is 0.0263. The molecule has 4 heteroatoms. The van der Waals surface area contributed by atoms with Crippen LogP contribution in [0.15, 0.2) is 0 Å². The molecule has 0 radical (unpaired) electrons. The molecule has 82 valence electrons. The molecule has 0 aromatic heterocycles. The second-order valence-electron chi connectivity index (χ2n) is 4.23. The number of Topliss-reactive ketones (excluding diaryl/α,β-unsaturated/α-hetero) is 2. The summed E-state index contributed by atoms with van der Waals surface area (Å²) < 4.78 is 4.63. The lowest BCUT2D eigenvalue weighted by Crippen LogP contribution is -2.35. The number of carbonyl (C=O) groups is 3. The zero-order valence-electron chi connectivity index (χ0n) is 8.69. The van der Waals surface area contributed by atoms with E-state index in [1.54, 1.807) is 6.92 Å². The van der Waals surface area contributed by atoms with Gasteiger partial charge in [-0.1, -0.05) is 0 Å². The number of carbonyl (C=O) groups excluding carboxylic acids is 3. The summed E-state index contributed by atoms with van der Waals surface area (Å²) in [7, 11) is 0. The Balaban J connectivity index is 2.08. The number of fused-ring (bicyclic) bond motifs is 2. The molecule has 3 unspecified atom stereocenters. The molecule has 2 bridgehead atoms. The van der Waals surface area contributed by atoms with E-state index in [9.17, 15) is 14.4 Å². The first-order valence-corrected chi connectivity index (χ1v) is 5.39. The molecule has 0 heterocycles. The molecule has 2 aliphatic carbocycles. The zero-order valence-corrected chi connectivity index (χ0v) is 8.69. The Morgan fingerprint density at radius 1 is 1.40 bits per heavy atom. The molecule has 0 N–H and O–H groups in total. The van der Waals surface area contributed by atoms with Gasteiger partial charge in [-0.15, -0.1) is 0 Å². The van der Waals surface area contributed by atoms with Crippen molar-refractivity contribution in [1.82, 2.24) is 0 Å². The fourth-order valence-corrected chi connectivity index (χ4v) is 2.74. The van der Waals surface area contributed by atoms with Crippen molar-refractivity contribution in [2.24, 2.45) is 17.8 Å². The number of hydrogen-bond acceptors (Lipinski definition) is 4. The van der Waals surface area contributed by atoms with Crippen LogP contribution in [0.2, 0.25) is 0 Å². The van der Waals surface area contributed by atoms with Crippen LogP contribution in [-0.2, 0) is 19.1 Å². The van der Waals surface area contributed by atoms with Crippen LogP contribution in [0.1, 0.15) is 26.2 Å². The van der Waals surface area contributed by atoms with Gasteiger partial charge in [0, 0.05) is 5.92 Å². The van der Waals surface area contributed by atoms with Gasteiger partial charge in [0.15, 0.2) is 0 Å². The molecule has 0 saturated heterocycles. The zero-order chi connectivity index (χ0) is 11.0. The van der Waals surface area contributed by atoms with Crippen molar-refractivity contribution in [2.75, 3.05) is 6.61 Å². The third-order valence-electron chi connectivity index (χ3n) is 3.41. The van der Waals surface area contributed by atoms with Gasteiger partial charge in [-0.05, 0) is 32.1 Å². The standard InChI is InChI=1S/C11H14O4/c1-2-15-11(14)10(13)8-6-3-4-7(5-6)9(8)12/h6-8H,2-5H2,1H3. The van der Waals surface area contributed by atoms with E-state index in [1.165, 1.54) is 0 Å². The summed E-state index contributed by atoms with van der Waals surface area (Å²) in [5.41, 5.74) is 0. The summed E-state index contributed by atoms with van der Waals surface area (Å²) in [5, 5.41) is 0. The minimum Gasteiger partial charge on any atom is -0.460 e. The minimum atomic E-state index is -0.844. The number of hydrogen-bond donors (Lipinski definition) is 0. The lowest BCUT2D eigenvalue weighted by Gasteiger charge is -2.17. The molecule has 0 amide bonds. The Bertz CT molecular complexity index is 321. The summed E-state index contributed by atoms with van der Waals surface area (Å²) in [6, 6.07) is 0. The Morgan fingerprint density at radius 3 is 2.67 bits per heavy atom. The molecule has 0 spiro atoms. The molecule has 3 atom stereocenters. The molecule has 0 aromatic rings. The van der Waals surface area contributed by atoms with Crippen molar-refractivity contribution in [1.29, 1.82) is 0 Å². The molecule has 4 nitrogen and oxygen atoms in total. The first-order valence-electron chi connectivity index (χ1n) is 5.39. The largest absolute Gasteiger partial charge is 0.460 e. The van der Waals surface area contributed by atoms with E-state index in [-0.39, 0.29) is 24.2 Å². The van der Waals surface area contributed by atoms with Gasteiger partial charge in [-0.2, -0.15) is 0 Å². The van der Waals surface area contributed by atoms with E-state index in [1.807, 2.05) is 0 Å². The van der Waals surface area contributed by atoms with Crippen molar-refractivity contribution in [3.05, 3.63) is 0 Å². The first kappa shape index (κ1) is 10.3. The van der Waals surface area contributed by atoms with Gasteiger partial charge in [0.2, 0.25) is 0 Å². The second kappa shape index (κ2) is 3.76. The van der Waals surface area contributed by atoms with E-state index >= 15 is 0 Å². The summed E-state index contributed by atoms with van der Waals surface area (Å²) >= 11 is 0. The van der Waals surface area contributed by atoms with Gasteiger partial charge < -0.3 is 4.74 Å². The monoisotopic (exact) mass is 210 g/mol. The third kappa shape index (κ3) is 1.58. The number of ketones is 2. The summed E-state index contributed by atoms with van der Waals surface area (Å²) in [6.07, 6.45) is 2.57. The van der Waals surface area contributed by atoms with Crippen molar-refractivity contribution in [2.45, 2.75) is 26.2 Å². The Hall–Kier alpha value is -1.19. The lowest BCUT2D eigenvalue weighted by atomic mass is 9.84. The van der Waals surface area contributed by atoms with Crippen LogP contribution in [0.3, 0.4) is 0 Å². The quantitative estimate of drug-likeness (QED) is 0.391. The smallest absolute Gasteiger partial charge is 0.375 e. The molecule has 2 rings (SSSR count). The average molecular weight is 210 g/mol. The number of ether oxygens (including phenoxy) is 1. The number of rotatable bonds is 3. The molecular formula is C11H14O4. The van der Waals surface area contributed by atoms with E-state index in [0.29, 0.717) is 0 Å². The van der Waals surface area contributed by atoms with Crippen LogP contribution in [-0.4, -0.2) is 24.1 Å². The molecule has 15 heavy (non-hydrogen) atoms. The van der Waals surface area contributed by atoms with Crippen molar-refractivity contribution < 1.29 is 19.1 Å². The predicted molar refractivity (Wildman–Crippen MR) is 51.0 cm³/mol. The molecule has 0 aliphatic heterocycles. The SMILES string of the molecule is CCOC(=O)C(=O)C1C(=O)C2CCC1C2. The Labute approximate surface area is 88.0 Å². The molecule has 2 saturated carbocycles. The highest BCUT2D eigenvalue weighted by atomic mass is 16.5. The van der Waals surface area contributed by atoms with Gasteiger partial charge in [0.25, 0.3) is 5.78 Å². The van der Waals surface area contributed by atoms with Crippen LogP contribution in [0.4, 0.5) is 0 Å². The topological polar surface area (TPSA) is 60.4 Å². The van der Waals surface area contributed by atoms with Gasteiger partial charge in [-0.25, -0.2) is 4.79 Å². The van der Waals surface area contributed by atoms with Gasteiger partial charge in [0.05, 0.1) is 12.5 Å². The molecule has 2 fully saturated rings. The van der Waals surface area contributed by atoms with Crippen molar-refractivity contribution in [3.63, 3.8) is 0 Å². The molecule has 0 aromatic carbocycles. The normalized spacial score (nSPS) is 33.1. The van der Waals surface area contributed by atoms with Gasteiger partial charge in [-0.3, -0.25) is 9.59 Å². The van der Waals surface area contributed by atoms with Crippen LogP contribution >= 0.6 is 0 Å². The summed E-state index contributed by atoms with van der Waals surface area (Å²) in [4.78, 5) is 34.6. The number of esters is 1.